The Morgan fingerprint density at radius 3 is 2.74 bits per heavy atom. The second-order valence-corrected chi connectivity index (χ2v) is 5.30. The number of carbonyl (C=O) groups excluding carboxylic acids is 2. The molecule has 1 rings (SSSR count). The van der Waals surface area contributed by atoms with Crippen LogP contribution in [0.5, 0.6) is 0 Å². The molecule has 0 bridgehead atoms. The van der Waals surface area contributed by atoms with Gasteiger partial charge in [0.05, 0.1) is 28.8 Å². The van der Waals surface area contributed by atoms with Gasteiger partial charge in [-0.3, -0.25) is 19.7 Å². The van der Waals surface area contributed by atoms with Gasteiger partial charge in [0, 0.05) is 25.3 Å². The summed E-state index contributed by atoms with van der Waals surface area (Å²) in [5.74, 6) is -0.908. The lowest BCUT2D eigenvalue weighted by Crippen LogP contribution is -2.26. The van der Waals surface area contributed by atoms with Gasteiger partial charge in [-0.25, -0.2) is 0 Å². The number of amides is 1. The highest BCUT2D eigenvalue weighted by molar-refractivity contribution is 8.00. The summed E-state index contributed by atoms with van der Waals surface area (Å²) in [4.78, 5) is 34.1. The molecule has 0 fully saturated rings. The van der Waals surface area contributed by atoms with Crippen molar-refractivity contribution in [2.45, 2.75) is 11.8 Å². The van der Waals surface area contributed by atoms with Gasteiger partial charge in [-0.05, 0) is 19.1 Å². The third-order valence-corrected chi connectivity index (χ3v) is 3.70. The minimum Gasteiger partial charge on any atom is -0.465 e. The molecule has 0 aliphatic rings. The number of thioether (sulfide) groups is 1. The van der Waals surface area contributed by atoms with E-state index in [2.05, 4.69) is 5.32 Å². The summed E-state index contributed by atoms with van der Waals surface area (Å²) in [5, 5.41) is 13.7. The highest BCUT2D eigenvalue weighted by atomic mass is 32.2. The first-order valence-electron chi connectivity index (χ1n) is 6.83. The molecule has 0 saturated carbocycles. The molecular weight excluding hydrogens is 324 g/mol. The molecular formula is C14H18N2O6S. The highest BCUT2D eigenvalue weighted by Gasteiger charge is 2.19. The Kier molecular flexibility index (Phi) is 8.06. The molecule has 0 radical (unpaired) electrons. The van der Waals surface area contributed by atoms with Gasteiger partial charge in [0.1, 0.15) is 0 Å². The fourth-order valence-electron chi connectivity index (χ4n) is 1.63. The summed E-state index contributed by atoms with van der Waals surface area (Å²) >= 11 is 0.997. The molecule has 9 heteroatoms. The number of benzene rings is 1. The molecule has 126 valence electrons. The predicted octanol–water partition coefficient (Wildman–Crippen LogP) is 1.63. The topological polar surface area (TPSA) is 108 Å². The predicted molar refractivity (Wildman–Crippen MR) is 84.7 cm³/mol. The number of nitro benzene ring substituents is 1. The fraction of sp³-hybridized carbons (Fsp3) is 0.429. The van der Waals surface area contributed by atoms with Crippen LogP contribution in [0.15, 0.2) is 23.1 Å². The second kappa shape index (κ2) is 9.80. The van der Waals surface area contributed by atoms with E-state index in [0.717, 1.165) is 11.8 Å². The number of hydrogen-bond acceptors (Lipinski definition) is 7. The summed E-state index contributed by atoms with van der Waals surface area (Å²) in [6.07, 6.45) is 0. The number of esters is 1. The number of hydrogen-bond donors (Lipinski definition) is 1. The third-order valence-electron chi connectivity index (χ3n) is 2.66. The van der Waals surface area contributed by atoms with Gasteiger partial charge in [0.25, 0.3) is 11.6 Å². The Morgan fingerprint density at radius 1 is 1.39 bits per heavy atom. The van der Waals surface area contributed by atoms with Crippen LogP contribution in [0, 0.1) is 10.1 Å². The number of nitro groups is 1. The maximum Gasteiger partial charge on any atom is 0.316 e. The Morgan fingerprint density at radius 2 is 2.13 bits per heavy atom. The van der Waals surface area contributed by atoms with Crippen molar-refractivity contribution in [3.05, 3.63) is 33.9 Å². The summed E-state index contributed by atoms with van der Waals surface area (Å²) in [5.41, 5.74) is -0.0491. The van der Waals surface area contributed by atoms with E-state index < -0.39 is 16.8 Å². The number of nitrogens with one attached hydrogen (secondary N) is 1. The molecule has 0 aliphatic carbocycles. The first kappa shape index (κ1) is 18.9. The smallest absolute Gasteiger partial charge is 0.316 e. The number of carbonyl (C=O) groups is 2. The lowest BCUT2D eigenvalue weighted by atomic mass is 10.2. The zero-order valence-corrected chi connectivity index (χ0v) is 13.7. The van der Waals surface area contributed by atoms with Crippen LogP contribution in [0.1, 0.15) is 17.3 Å². The van der Waals surface area contributed by atoms with E-state index in [4.69, 9.17) is 9.47 Å². The van der Waals surface area contributed by atoms with E-state index in [1.165, 1.54) is 25.3 Å². The molecule has 0 unspecified atom stereocenters. The molecule has 0 spiro atoms. The molecule has 23 heavy (non-hydrogen) atoms. The van der Waals surface area contributed by atoms with Gasteiger partial charge >= 0.3 is 5.97 Å². The van der Waals surface area contributed by atoms with Crippen LogP contribution in [-0.4, -0.2) is 49.4 Å². The minimum absolute atomic E-state index is 0.0337. The van der Waals surface area contributed by atoms with E-state index in [9.17, 15) is 19.7 Å². The van der Waals surface area contributed by atoms with Crippen molar-refractivity contribution in [3.63, 3.8) is 0 Å². The lowest BCUT2D eigenvalue weighted by molar-refractivity contribution is -0.387. The van der Waals surface area contributed by atoms with Crippen LogP contribution in [0.2, 0.25) is 0 Å². The summed E-state index contributed by atoms with van der Waals surface area (Å²) in [7, 11) is 1.51. The standard InChI is InChI=1S/C14H18N2O6S/c1-3-22-13(17)9-23-12-5-4-10(8-11(12)16(19)20)14(18)15-6-7-21-2/h4-5,8H,3,6-7,9H2,1-2H3,(H,15,18). The van der Waals surface area contributed by atoms with Crippen molar-refractivity contribution < 1.29 is 24.0 Å². The van der Waals surface area contributed by atoms with Crippen molar-refractivity contribution in [2.24, 2.45) is 0 Å². The van der Waals surface area contributed by atoms with E-state index in [1.54, 1.807) is 6.92 Å². The van der Waals surface area contributed by atoms with E-state index in [-0.39, 0.29) is 23.6 Å². The lowest BCUT2D eigenvalue weighted by Gasteiger charge is -2.07. The first-order chi connectivity index (χ1) is 11.0. The second-order valence-electron chi connectivity index (χ2n) is 4.28. The average molecular weight is 342 g/mol. The van der Waals surface area contributed by atoms with E-state index in [1.807, 2.05) is 0 Å². The zero-order valence-electron chi connectivity index (χ0n) is 12.9. The summed E-state index contributed by atoms with van der Waals surface area (Å²) < 4.78 is 9.59. The van der Waals surface area contributed by atoms with Crippen molar-refractivity contribution in [3.8, 4) is 0 Å². The summed E-state index contributed by atoms with van der Waals surface area (Å²) in [6.45, 7) is 2.59. The Hall–Kier alpha value is -2.13. The molecule has 0 heterocycles. The Labute approximate surface area is 137 Å². The fourth-order valence-corrected chi connectivity index (χ4v) is 2.43. The molecule has 1 N–H and O–H groups in total. The van der Waals surface area contributed by atoms with E-state index >= 15 is 0 Å². The molecule has 0 atom stereocenters. The average Bonchev–Trinajstić information content (AvgIpc) is 2.53. The van der Waals surface area contributed by atoms with Crippen molar-refractivity contribution in [1.82, 2.24) is 5.32 Å². The quantitative estimate of drug-likeness (QED) is 0.239. The zero-order chi connectivity index (χ0) is 17.2. The van der Waals surface area contributed by atoms with Gasteiger partial charge in [-0.2, -0.15) is 0 Å². The maximum absolute atomic E-state index is 11.9. The van der Waals surface area contributed by atoms with Crippen molar-refractivity contribution in [1.29, 1.82) is 0 Å². The Bertz CT molecular complexity index is 578. The molecule has 1 amide bonds. The summed E-state index contributed by atoms with van der Waals surface area (Å²) in [6, 6.07) is 4.12. The van der Waals surface area contributed by atoms with Gasteiger partial charge in [-0.15, -0.1) is 11.8 Å². The van der Waals surface area contributed by atoms with Crippen LogP contribution in [0.25, 0.3) is 0 Å². The van der Waals surface area contributed by atoms with Gasteiger partial charge < -0.3 is 14.8 Å². The molecule has 0 saturated heterocycles. The van der Waals surface area contributed by atoms with Crippen LogP contribution >= 0.6 is 11.8 Å². The normalized spacial score (nSPS) is 10.2. The largest absolute Gasteiger partial charge is 0.465 e. The number of ether oxygens (including phenoxy) is 2. The van der Waals surface area contributed by atoms with Gasteiger partial charge in [0.15, 0.2) is 0 Å². The van der Waals surface area contributed by atoms with E-state index in [0.29, 0.717) is 18.0 Å². The molecule has 1 aromatic rings. The molecule has 8 nitrogen and oxygen atoms in total. The minimum atomic E-state index is -0.584. The van der Waals surface area contributed by atoms with Crippen molar-refractivity contribution >= 4 is 29.3 Å². The van der Waals surface area contributed by atoms with Crippen LogP contribution in [-0.2, 0) is 14.3 Å². The molecule has 0 aliphatic heterocycles. The maximum atomic E-state index is 11.9. The number of methoxy groups -OCH3 is 1. The highest BCUT2D eigenvalue weighted by Crippen LogP contribution is 2.30. The SMILES string of the molecule is CCOC(=O)CSc1ccc(C(=O)NCCOC)cc1[N+](=O)[O-]. The molecule has 0 aromatic heterocycles. The van der Waals surface area contributed by atoms with Gasteiger partial charge in [0.2, 0.25) is 0 Å². The first-order valence-corrected chi connectivity index (χ1v) is 7.82. The van der Waals surface area contributed by atoms with Crippen LogP contribution in [0.3, 0.4) is 0 Å². The Balaban J connectivity index is 2.83. The van der Waals surface area contributed by atoms with Crippen LogP contribution in [0.4, 0.5) is 5.69 Å². The van der Waals surface area contributed by atoms with Crippen molar-refractivity contribution in [2.75, 3.05) is 32.6 Å². The number of nitrogens with zero attached hydrogens (tertiary/aromatic N) is 1. The third kappa shape index (κ3) is 6.25. The van der Waals surface area contributed by atoms with Gasteiger partial charge in [-0.1, -0.05) is 0 Å². The molecule has 1 aromatic carbocycles. The monoisotopic (exact) mass is 342 g/mol. The van der Waals surface area contributed by atoms with Crippen LogP contribution < -0.4 is 5.32 Å². The number of rotatable bonds is 9.